The Hall–Kier alpha value is -1.33. The molecular weight excluding hydrogens is 368 g/mol. The van der Waals surface area contributed by atoms with Crippen LogP contribution in [0.3, 0.4) is 0 Å². The van der Waals surface area contributed by atoms with Crippen LogP contribution in [0.4, 0.5) is 0 Å². The second-order valence-electron chi connectivity index (χ2n) is 6.57. The largest absolute Gasteiger partial charge is 0.484 e. The van der Waals surface area contributed by atoms with Gasteiger partial charge in [-0.25, -0.2) is 0 Å². The molecule has 130 valence electrons. The summed E-state index contributed by atoms with van der Waals surface area (Å²) in [6, 6.07) is 7.57. The van der Waals surface area contributed by atoms with Crippen molar-refractivity contribution in [3.63, 3.8) is 0 Å². The highest BCUT2D eigenvalue weighted by Crippen LogP contribution is 2.20. The first-order valence-corrected chi connectivity index (χ1v) is 9.53. The van der Waals surface area contributed by atoms with E-state index < -0.39 is 0 Å². The molecule has 2 aliphatic rings. The number of hydrogen-bond donors (Lipinski definition) is 0. The van der Waals surface area contributed by atoms with Crippen molar-refractivity contribution in [2.75, 3.05) is 39.3 Å². The molecule has 1 aromatic carbocycles. The molecule has 1 fully saturated rings. The van der Waals surface area contributed by atoms with Crippen LogP contribution in [0.1, 0.15) is 19.3 Å². The molecule has 0 saturated carbocycles. The highest BCUT2D eigenvalue weighted by atomic mass is 79.9. The molecule has 0 bridgehead atoms. The summed E-state index contributed by atoms with van der Waals surface area (Å²) >= 11 is 3.39. The fraction of sp³-hybridized carbons (Fsp3) is 0.526. The van der Waals surface area contributed by atoms with Crippen molar-refractivity contribution in [2.24, 2.45) is 5.92 Å². The van der Waals surface area contributed by atoms with Crippen molar-refractivity contribution >= 4 is 21.8 Å². The van der Waals surface area contributed by atoms with Crippen LogP contribution in [0.5, 0.6) is 5.75 Å². The number of benzene rings is 1. The number of hydrogen-bond acceptors (Lipinski definition) is 3. The first kappa shape index (κ1) is 17.5. The maximum atomic E-state index is 12.3. The van der Waals surface area contributed by atoms with Gasteiger partial charge < -0.3 is 9.64 Å². The minimum Gasteiger partial charge on any atom is -0.484 e. The number of carbonyl (C=O) groups is 1. The highest BCUT2D eigenvalue weighted by Gasteiger charge is 2.23. The first-order valence-electron chi connectivity index (χ1n) is 8.74. The monoisotopic (exact) mass is 392 g/mol. The summed E-state index contributed by atoms with van der Waals surface area (Å²) in [6.45, 7) is 4.86. The maximum absolute atomic E-state index is 12.3. The number of carbonyl (C=O) groups excluding carboxylic acids is 1. The van der Waals surface area contributed by atoms with Crippen LogP contribution >= 0.6 is 15.9 Å². The summed E-state index contributed by atoms with van der Waals surface area (Å²) in [7, 11) is 0. The Morgan fingerprint density at radius 2 is 1.88 bits per heavy atom. The molecule has 0 radical (unpaired) electrons. The fourth-order valence-electron chi connectivity index (χ4n) is 3.33. The lowest BCUT2D eigenvalue weighted by Crippen LogP contribution is -2.50. The predicted molar refractivity (Wildman–Crippen MR) is 99.1 cm³/mol. The molecular formula is C19H25BrN2O2. The molecule has 1 aliphatic carbocycles. The van der Waals surface area contributed by atoms with E-state index in [-0.39, 0.29) is 12.5 Å². The van der Waals surface area contributed by atoms with Gasteiger partial charge in [-0.2, -0.15) is 0 Å². The zero-order chi connectivity index (χ0) is 16.8. The number of amides is 1. The average molecular weight is 393 g/mol. The van der Waals surface area contributed by atoms with E-state index in [1.165, 1.54) is 25.8 Å². The van der Waals surface area contributed by atoms with Gasteiger partial charge in [0.25, 0.3) is 5.91 Å². The molecule has 0 spiro atoms. The van der Waals surface area contributed by atoms with Crippen LogP contribution < -0.4 is 4.74 Å². The number of halogens is 1. The summed E-state index contributed by atoms with van der Waals surface area (Å²) < 4.78 is 6.60. The SMILES string of the molecule is O=C(COc1ccc(Br)cc1)N1CCN(CC2CC=CCC2)CC1. The van der Waals surface area contributed by atoms with E-state index in [1.54, 1.807) is 0 Å². The van der Waals surface area contributed by atoms with Crippen LogP contribution in [0.15, 0.2) is 40.9 Å². The number of nitrogens with zero attached hydrogens (tertiary/aromatic N) is 2. The van der Waals surface area contributed by atoms with Gasteiger partial charge in [-0.3, -0.25) is 9.69 Å². The second kappa shape index (κ2) is 8.67. The van der Waals surface area contributed by atoms with Crippen LogP contribution in [0.25, 0.3) is 0 Å². The third kappa shape index (κ3) is 5.08. The number of allylic oxidation sites excluding steroid dienone is 2. The Bertz CT molecular complexity index is 565. The van der Waals surface area contributed by atoms with Gasteiger partial charge in [-0.05, 0) is 49.4 Å². The van der Waals surface area contributed by atoms with E-state index in [2.05, 4.69) is 33.0 Å². The van der Waals surface area contributed by atoms with Gasteiger partial charge >= 0.3 is 0 Å². The number of piperazine rings is 1. The second-order valence-corrected chi connectivity index (χ2v) is 7.49. The molecule has 3 rings (SSSR count). The minimum atomic E-state index is 0.0816. The lowest BCUT2D eigenvalue weighted by Gasteiger charge is -2.36. The third-order valence-corrected chi connectivity index (χ3v) is 5.32. The quantitative estimate of drug-likeness (QED) is 0.720. The highest BCUT2D eigenvalue weighted by molar-refractivity contribution is 9.10. The van der Waals surface area contributed by atoms with Crippen LogP contribution in [0, 0.1) is 5.92 Å². The predicted octanol–water partition coefficient (Wildman–Crippen LogP) is 3.33. The van der Waals surface area contributed by atoms with Gasteiger partial charge in [0.05, 0.1) is 0 Å². The van der Waals surface area contributed by atoms with E-state index in [0.717, 1.165) is 42.3 Å². The molecule has 0 aromatic heterocycles. The van der Waals surface area contributed by atoms with Crippen LogP contribution in [-0.4, -0.2) is 55.0 Å². The van der Waals surface area contributed by atoms with Crippen molar-refractivity contribution in [3.8, 4) is 5.75 Å². The molecule has 1 saturated heterocycles. The molecule has 1 aliphatic heterocycles. The first-order chi connectivity index (χ1) is 11.7. The molecule has 5 heteroatoms. The number of rotatable bonds is 5. The van der Waals surface area contributed by atoms with Gasteiger partial charge in [-0.1, -0.05) is 28.1 Å². The normalized spacial score (nSPS) is 21.7. The smallest absolute Gasteiger partial charge is 0.260 e. The van der Waals surface area contributed by atoms with E-state index >= 15 is 0 Å². The van der Waals surface area contributed by atoms with Gasteiger partial charge in [0.2, 0.25) is 0 Å². The molecule has 4 nitrogen and oxygen atoms in total. The van der Waals surface area contributed by atoms with E-state index in [9.17, 15) is 4.79 Å². The van der Waals surface area contributed by atoms with Gasteiger partial charge in [-0.15, -0.1) is 0 Å². The molecule has 0 N–H and O–H groups in total. The van der Waals surface area contributed by atoms with Crippen molar-refractivity contribution < 1.29 is 9.53 Å². The average Bonchev–Trinajstić information content (AvgIpc) is 2.62. The Morgan fingerprint density at radius 1 is 1.12 bits per heavy atom. The van der Waals surface area contributed by atoms with Crippen molar-refractivity contribution in [3.05, 3.63) is 40.9 Å². The number of ether oxygens (including phenoxy) is 1. The zero-order valence-electron chi connectivity index (χ0n) is 14.0. The van der Waals surface area contributed by atoms with E-state index in [1.807, 2.05) is 29.2 Å². The molecule has 1 atom stereocenters. The maximum Gasteiger partial charge on any atom is 0.260 e. The Labute approximate surface area is 152 Å². The summed E-state index contributed by atoms with van der Waals surface area (Å²) in [5, 5.41) is 0. The van der Waals surface area contributed by atoms with Gasteiger partial charge in [0.15, 0.2) is 6.61 Å². The zero-order valence-corrected chi connectivity index (χ0v) is 15.6. The van der Waals surface area contributed by atoms with Crippen molar-refractivity contribution in [1.29, 1.82) is 0 Å². The van der Waals surface area contributed by atoms with Crippen molar-refractivity contribution in [1.82, 2.24) is 9.80 Å². The summed E-state index contributed by atoms with van der Waals surface area (Å²) in [5.74, 6) is 1.60. The fourth-order valence-corrected chi connectivity index (χ4v) is 3.60. The molecule has 1 heterocycles. The van der Waals surface area contributed by atoms with Gasteiger partial charge in [0.1, 0.15) is 5.75 Å². The Balaban J connectivity index is 1.38. The Morgan fingerprint density at radius 3 is 2.54 bits per heavy atom. The molecule has 1 amide bonds. The lowest BCUT2D eigenvalue weighted by atomic mass is 9.94. The lowest BCUT2D eigenvalue weighted by molar-refractivity contribution is -0.135. The standard InChI is InChI=1S/C19H25BrN2O2/c20-17-6-8-18(9-7-17)24-15-19(23)22-12-10-21(11-13-22)14-16-4-2-1-3-5-16/h1-2,6-9,16H,3-5,10-15H2. The molecule has 1 aromatic rings. The third-order valence-electron chi connectivity index (χ3n) is 4.80. The van der Waals surface area contributed by atoms with E-state index in [4.69, 9.17) is 4.74 Å². The minimum absolute atomic E-state index is 0.0816. The molecule has 1 unspecified atom stereocenters. The van der Waals surface area contributed by atoms with E-state index in [0.29, 0.717) is 0 Å². The van der Waals surface area contributed by atoms with Crippen molar-refractivity contribution in [2.45, 2.75) is 19.3 Å². The topological polar surface area (TPSA) is 32.8 Å². The molecule has 24 heavy (non-hydrogen) atoms. The van der Waals surface area contributed by atoms with Gasteiger partial charge in [0, 0.05) is 37.2 Å². The van der Waals surface area contributed by atoms with Crippen LogP contribution in [-0.2, 0) is 4.79 Å². The Kier molecular flexibility index (Phi) is 6.32. The van der Waals surface area contributed by atoms with Crippen LogP contribution in [0.2, 0.25) is 0 Å². The summed E-state index contributed by atoms with van der Waals surface area (Å²) in [4.78, 5) is 16.7. The summed E-state index contributed by atoms with van der Waals surface area (Å²) in [6.07, 6.45) is 8.33. The summed E-state index contributed by atoms with van der Waals surface area (Å²) in [5.41, 5.74) is 0.